The highest BCUT2D eigenvalue weighted by Gasteiger charge is 2.23. The number of anilines is 1. The second-order valence-electron chi connectivity index (χ2n) is 6.54. The van der Waals surface area contributed by atoms with Crippen LogP contribution in [0.3, 0.4) is 0 Å². The van der Waals surface area contributed by atoms with E-state index >= 15 is 0 Å². The molecule has 1 heterocycles. The highest BCUT2D eigenvalue weighted by Crippen LogP contribution is 2.22. The Kier molecular flexibility index (Phi) is 6.62. The number of nitrogens with one attached hydrogen (secondary N) is 2. The predicted octanol–water partition coefficient (Wildman–Crippen LogP) is 1.54. The molecule has 0 aliphatic rings. The lowest BCUT2D eigenvalue weighted by Gasteiger charge is -2.23. The summed E-state index contributed by atoms with van der Waals surface area (Å²) in [5.74, 6) is 0. The Morgan fingerprint density at radius 1 is 1.12 bits per heavy atom. The van der Waals surface area contributed by atoms with Crippen molar-refractivity contribution in [1.82, 2.24) is 4.72 Å². The van der Waals surface area contributed by atoms with E-state index in [9.17, 15) is 8.42 Å². The number of likely N-dealkylation sites (N-methyl/N-ethyl adjacent to an activating group) is 1. The predicted molar refractivity (Wildman–Crippen MR) is 105 cm³/mol. The van der Waals surface area contributed by atoms with Crippen molar-refractivity contribution in [2.75, 3.05) is 39.6 Å². The summed E-state index contributed by atoms with van der Waals surface area (Å²) >= 11 is 1.34. The van der Waals surface area contributed by atoms with E-state index in [0.29, 0.717) is 10.8 Å². The molecule has 2 N–H and O–H groups in total. The van der Waals surface area contributed by atoms with Crippen LogP contribution in [0.5, 0.6) is 0 Å². The van der Waals surface area contributed by atoms with Gasteiger partial charge in [-0.25, -0.2) is 13.1 Å². The van der Waals surface area contributed by atoms with E-state index in [1.165, 1.54) is 16.2 Å². The Morgan fingerprint density at radius 2 is 1.76 bits per heavy atom. The van der Waals surface area contributed by atoms with Gasteiger partial charge in [0.05, 0.1) is 20.6 Å². The van der Waals surface area contributed by atoms with Crippen molar-refractivity contribution in [3.63, 3.8) is 0 Å². The molecule has 1 aromatic heterocycles. The van der Waals surface area contributed by atoms with Crippen LogP contribution in [0.2, 0.25) is 0 Å². The highest BCUT2D eigenvalue weighted by atomic mass is 32.2. The third-order valence-electron chi connectivity index (χ3n) is 4.24. The summed E-state index contributed by atoms with van der Waals surface area (Å²) in [6, 6.07) is 11.9. The SMILES string of the molecule is CCc1ccc(S(=O)(=O)NC[C@H](c2ccc(N(C)C)cc2)[NH+](C)C)s1. The summed E-state index contributed by atoms with van der Waals surface area (Å²) in [5.41, 5.74) is 2.25. The van der Waals surface area contributed by atoms with Crippen molar-refractivity contribution in [1.29, 1.82) is 0 Å². The third kappa shape index (κ3) is 5.04. The van der Waals surface area contributed by atoms with Crippen LogP contribution in [0.4, 0.5) is 5.69 Å². The summed E-state index contributed by atoms with van der Waals surface area (Å²) in [6.45, 7) is 2.39. The zero-order valence-electron chi connectivity index (χ0n) is 15.5. The van der Waals surface area contributed by atoms with Crippen molar-refractivity contribution in [3.8, 4) is 0 Å². The van der Waals surface area contributed by atoms with Gasteiger partial charge in [0.1, 0.15) is 10.3 Å². The molecule has 1 aromatic carbocycles. The molecule has 25 heavy (non-hydrogen) atoms. The van der Waals surface area contributed by atoms with E-state index in [-0.39, 0.29) is 6.04 Å². The molecule has 0 fully saturated rings. The van der Waals surface area contributed by atoms with Crippen LogP contribution in [0, 0.1) is 0 Å². The second-order valence-corrected chi connectivity index (χ2v) is 9.70. The molecule has 0 amide bonds. The Hall–Kier alpha value is -1.41. The minimum atomic E-state index is -3.46. The maximum Gasteiger partial charge on any atom is 0.250 e. The summed E-state index contributed by atoms with van der Waals surface area (Å²) in [7, 11) is 4.63. The number of quaternary nitrogens is 1. The number of nitrogens with zero attached hydrogens (tertiary/aromatic N) is 1. The zero-order chi connectivity index (χ0) is 18.6. The Morgan fingerprint density at radius 3 is 2.24 bits per heavy atom. The number of aryl methyl sites for hydroxylation is 1. The normalized spacial score (nSPS) is 13.2. The Labute approximate surface area is 155 Å². The molecule has 0 aliphatic carbocycles. The molecule has 0 spiro atoms. The number of hydrogen-bond acceptors (Lipinski definition) is 4. The van der Waals surface area contributed by atoms with Gasteiger partial charge in [-0.2, -0.15) is 0 Å². The summed E-state index contributed by atoms with van der Waals surface area (Å²) in [5, 5.41) is 0. The van der Waals surface area contributed by atoms with Crippen molar-refractivity contribution in [2.45, 2.75) is 23.6 Å². The maximum absolute atomic E-state index is 12.5. The monoisotopic (exact) mass is 382 g/mol. The van der Waals surface area contributed by atoms with Gasteiger partial charge in [-0.1, -0.05) is 19.1 Å². The fourth-order valence-corrected chi connectivity index (χ4v) is 5.00. The number of benzene rings is 1. The Balaban J connectivity index is 2.13. The number of sulfonamides is 1. The first-order chi connectivity index (χ1) is 11.7. The third-order valence-corrected chi connectivity index (χ3v) is 7.38. The lowest BCUT2D eigenvalue weighted by molar-refractivity contribution is -0.890. The molecule has 2 rings (SSSR count). The fraction of sp³-hybridized carbons (Fsp3) is 0.444. The van der Waals surface area contributed by atoms with Gasteiger partial charge in [-0.05, 0) is 30.7 Å². The molecule has 1 atom stereocenters. The molecule has 0 aliphatic heterocycles. The molecule has 5 nitrogen and oxygen atoms in total. The second kappa shape index (κ2) is 8.31. The molecule has 0 bridgehead atoms. The topological polar surface area (TPSA) is 53.9 Å². The lowest BCUT2D eigenvalue weighted by Crippen LogP contribution is -3.07. The molecule has 0 saturated heterocycles. The van der Waals surface area contributed by atoms with Crippen LogP contribution in [-0.2, 0) is 16.4 Å². The molecule has 138 valence electrons. The van der Waals surface area contributed by atoms with Crippen LogP contribution in [-0.4, -0.2) is 43.2 Å². The van der Waals surface area contributed by atoms with Crippen LogP contribution >= 0.6 is 11.3 Å². The molecule has 0 unspecified atom stereocenters. The van der Waals surface area contributed by atoms with Crippen LogP contribution in [0.25, 0.3) is 0 Å². The first-order valence-electron chi connectivity index (χ1n) is 8.40. The highest BCUT2D eigenvalue weighted by molar-refractivity contribution is 7.91. The minimum Gasteiger partial charge on any atom is -0.378 e. The largest absolute Gasteiger partial charge is 0.378 e. The molecule has 7 heteroatoms. The minimum absolute atomic E-state index is 0.0524. The van der Waals surface area contributed by atoms with Crippen molar-refractivity contribution < 1.29 is 13.3 Å². The van der Waals surface area contributed by atoms with Gasteiger partial charge in [0.2, 0.25) is 10.0 Å². The smallest absolute Gasteiger partial charge is 0.250 e. The summed E-state index contributed by atoms with van der Waals surface area (Å²) in [6.07, 6.45) is 0.850. The average Bonchev–Trinajstić information content (AvgIpc) is 3.05. The van der Waals surface area contributed by atoms with E-state index in [1.54, 1.807) is 6.07 Å². The van der Waals surface area contributed by atoms with Gasteiger partial charge in [0, 0.05) is 30.2 Å². The van der Waals surface area contributed by atoms with Gasteiger partial charge < -0.3 is 9.80 Å². The van der Waals surface area contributed by atoms with Crippen molar-refractivity contribution in [2.24, 2.45) is 0 Å². The van der Waals surface area contributed by atoms with Crippen molar-refractivity contribution in [3.05, 3.63) is 46.8 Å². The first-order valence-corrected chi connectivity index (χ1v) is 10.7. The van der Waals surface area contributed by atoms with Gasteiger partial charge in [-0.15, -0.1) is 11.3 Å². The molecular formula is C18H28N3O2S2+. The van der Waals surface area contributed by atoms with E-state index < -0.39 is 10.0 Å². The molecular weight excluding hydrogens is 354 g/mol. The number of hydrogen-bond donors (Lipinski definition) is 2. The summed E-state index contributed by atoms with van der Waals surface area (Å²) in [4.78, 5) is 4.31. The maximum atomic E-state index is 12.5. The number of rotatable bonds is 8. The standard InChI is InChI=1S/C18H27N3O2S2/c1-6-16-11-12-18(24-16)25(22,23)19-13-17(21(4)5)14-7-9-15(10-8-14)20(2)3/h7-12,17,19H,6,13H2,1-5H3/p+1/t17-/m1/s1. The van der Waals surface area contributed by atoms with Crippen LogP contribution in [0.1, 0.15) is 23.4 Å². The van der Waals surface area contributed by atoms with E-state index in [1.807, 2.05) is 46.1 Å². The van der Waals surface area contributed by atoms with E-state index in [4.69, 9.17) is 0 Å². The average molecular weight is 383 g/mol. The van der Waals surface area contributed by atoms with Gasteiger partial charge in [0.15, 0.2) is 0 Å². The van der Waals surface area contributed by atoms with Gasteiger partial charge in [0.25, 0.3) is 0 Å². The Bertz CT molecular complexity index is 781. The van der Waals surface area contributed by atoms with Crippen LogP contribution in [0.15, 0.2) is 40.6 Å². The van der Waals surface area contributed by atoms with E-state index in [0.717, 1.165) is 22.5 Å². The van der Waals surface area contributed by atoms with Gasteiger partial charge >= 0.3 is 0 Å². The zero-order valence-corrected chi connectivity index (χ0v) is 17.2. The summed E-state index contributed by atoms with van der Waals surface area (Å²) < 4.78 is 28.3. The van der Waals surface area contributed by atoms with Crippen molar-refractivity contribution >= 4 is 27.0 Å². The lowest BCUT2D eigenvalue weighted by atomic mass is 10.1. The quantitative estimate of drug-likeness (QED) is 0.728. The first kappa shape index (κ1) is 19.9. The molecule has 0 saturated carbocycles. The molecule has 2 aromatic rings. The number of thiophene rings is 1. The van der Waals surface area contributed by atoms with E-state index in [2.05, 4.69) is 29.0 Å². The molecule has 0 radical (unpaired) electrons. The van der Waals surface area contributed by atoms with Gasteiger partial charge in [-0.3, -0.25) is 0 Å². The van der Waals surface area contributed by atoms with Crippen LogP contribution < -0.4 is 14.5 Å². The fourth-order valence-electron chi connectivity index (χ4n) is 2.62.